The lowest BCUT2D eigenvalue weighted by atomic mass is 10.0. The SMILES string of the molecule is CN(CC(=O)NNC(=O)c1cccs1)C(C)(C)C(=O)O. The van der Waals surface area contributed by atoms with Crippen LogP contribution in [0.2, 0.25) is 0 Å². The molecular weight excluding hydrogens is 282 g/mol. The van der Waals surface area contributed by atoms with E-state index in [1.54, 1.807) is 17.5 Å². The number of rotatable bonds is 5. The Morgan fingerprint density at radius 2 is 2.00 bits per heavy atom. The van der Waals surface area contributed by atoms with E-state index < -0.39 is 23.3 Å². The number of hydrogen-bond acceptors (Lipinski definition) is 5. The number of carboxylic acids is 1. The lowest BCUT2D eigenvalue weighted by Crippen LogP contribution is -2.53. The maximum atomic E-state index is 11.6. The van der Waals surface area contributed by atoms with Crippen molar-refractivity contribution in [2.75, 3.05) is 13.6 Å². The minimum absolute atomic E-state index is 0.149. The maximum Gasteiger partial charge on any atom is 0.323 e. The summed E-state index contributed by atoms with van der Waals surface area (Å²) in [6, 6.07) is 3.36. The Balaban J connectivity index is 2.45. The van der Waals surface area contributed by atoms with Gasteiger partial charge in [0.05, 0.1) is 11.4 Å². The molecule has 0 aliphatic rings. The predicted molar refractivity (Wildman–Crippen MR) is 74.3 cm³/mol. The van der Waals surface area contributed by atoms with Crippen LogP contribution in [0.5, 0.6) is 0 Å². The van der Waals surface area contributed by atoms with Crippen LogP contribution < -0.4 is 10.9 Å². The molecule has 0 fully saturated rings. The lowest BCUT2D eigenvalue weighted by molar-refractivity contribution is -0.149. The molecular formula is C12H17N3O4S. The van der Waals surface area contributed by atoms with Gasteiger partial charge in [0.25, 0.3) is 11.8 Å². The molecule has 0 saturated carbocycles. The van der Waals surface area contributed by atoms with E-state index in [1.165, 1.54) is 37.1 Å². The van der Waals surface area contributed by atoms with Gasteiger partial charge in [-0.25, -0.2) is 0 Å². The molecule has 1 heterocycles. The minimum Gasteiger partial charge on any atom is -0.480 e. The van der Waals surface area contributed by atoms with Gasteiger partial charge in [-0.1, -0.05) is 6.07 Å². The van der Waals surface area contributed by atoms with E-state index in [-0.39, 0.29) is 6.54 Å². The standard InChI is InChI=1S/C12H17N3O4S/c1-12(2,11(18)19)15(3)7-9(16)13-14-10(17)8-5-4-6-20-8/h4-6H,7H2,1-3H3,(H,13,16)(H,14,17)(H,18,19). The molecule has 0 aliphatic carbocycles. The van der Waals surface area contributed by atoms with Gasteiger partial charge in [0.1, 0.15) is 5.54 Å². The molecule has 7 nitrogen and oxygen atoms in total. The molecule has 110 valence electrons. The van der Waals surface area contributed by atoms with E-state index in [9.17, 15) is 14.4 Å². The van der Waals surface area contributed by atoms with Gasteiger partial charge in [-0.05, 0) is 32.3 Å². The average molecular weight is 299 g/mol. The zero-order chi connectivity index (χ0) is 15.3. The highest BCUT2D eigenvalue weighted by atomic mass is 32.1. The van der Waals surface area contributed by atoms with E-state index in [0.717, 1.165) is 0 Å². The summed E-state index contributed by atoms with van der Waals surface area (Å²) in [5.41, 5.74) is 3.34. The van der Waals surface area contributed by atoms with E-state index >= 15 is 0 Å². The van der Waals surface area contributed by atoms with E-state index in [4.69, 9.17) is 5.11 Å². The van der Waals surface area contributed by atoms with Gasteiger partial charge in [-0.15, -0.1) is 11.3 Å². The van der Waals surface area contributed by atoms with Crippen molar-refractivity contribution < 1.29 is 19.5 Å². The number of likely N-dealkylation sites (N-methyl/N-ethyl adjacent to an activating group) is 1. The molecule has 0 aromatic carbocycles. The molecule has 3 N–H and O–H groups in total. The Labute approximate surface area is 120 Å². The monoisotopic (exact) mass is 299 g/mol. The number of aliphatic carboxylic acids is 1. The first-order valence-electron chi connectivity index (χ1n) is 5.82. The molecule has 8 heteroatoms. The zero-order valence-corrected chi connectivity index (χ0v) is 12.3. The number of nitrogens with one attached hydrogen (secondary N) is 2. The summed E-state index contributed by atoms with van der Waals surface area (Å²) in [6.07, 6.45) is 0. The molecule has 0 unspecified atom stereocenters. The van der Waals surface area contributed by atoms with E-state index in [0.29, 0.717) is 4.88 Å². The smallest absolute Gasteiger partial charge is 0.323 e. The Morgan fingerprint density at radius 3 is 2.50 bits per heavy atom. The highest BCUT2D eigenvalue weighted by molar-refractivity contribution is 7.12. The van der Waals surface area contributed by atoms with E-state index in [1.807, 2.05) is 0 Å². The van der Waals surface area contributed by atoms with Gasteiger partial charge in [-0.3, -0.25) is 30.1 Å². The fourth-order valence-corrected chi connectivity index (χ4v) is 1.83. The van der Waals surface area contributed by atoms with Crippen molar-refractivity contribution in [3.8, 4) is 0 Å². The molecule has 0 atom stereocenters. The molecule has 0 spiro atoms. The van der Waals surface area contributed by atoms with Crippen LogP contribution in [0.15, 0.2) is 17.5 Å². The minimum atomic E-state index is -1.17. The van der Waals surface area contributed by atoms with Crippen LogP contribution in [0.4, 0.5) is 0 Å². The fourth-order valence-electron chi connectivity index (χ4n) is 1.21. The summed E-state index contributed by atoms with van der Waals surface area (Å²) in [4.78, 5) is 36.1. The van der Waals surface area contributed by atoms with Gasteiger partial charge in [0.2, 0.25) is 0 Å². The van der Waals surface area contributed by atoms with Gasteiger partial charge >= 0.3 is 5.97 Å². The summed E-state index contributed by atoms with van der Waals surface area (Å²) in [7, 11) is 1.52. The van der Waals surface area contributed by atoms with Crippen LogP contribution in [-0.4, -0.2) is 46.9 Å². The molecule has 1 rings (SSSR count). The average Bonchev–Trinajstić information content (AvgIpc) is 2.89. The summed E-state index contributed by atoms with van der Waals surface area (Å²) >= 11 is 1.25. The Bertz CT molecular complexity index is 499. The number of carbonyl (C=O) groups excluding carboxylic acids is 2. The maximum absolute atomic E-state index is 11.6. The van der Waals surface area contributed by atoms with Gasteiger partial charge in [0, 0.05) is 0 Å². The second-order valence-corrected chi connectivity index (χ2v) is 5.65. The van der Waals surface area contributed by atoms with Crippen LogP contribution in [-0.2, 0) is 9.59 Å². The molecule has 2 amide bonds. The molecule has 0 saturated heterocycles. The summed E-state index contributed by atoms with van der Waals surface area (Å²) < 4.78 is 0. The van der Waals surface area contributed by atoms with Crippen molar-refractivity contribution in [1.82, 2.24) is 15.8 Å². The van der Waals surface area contributed by atoms with Crippen LogP contribution in [0.25, 0.3) is 0 Å². The van der Waals surface area contributed by atoms with Crippen LogP contribution in [0.1, 0.15) is 23.5 Å². The Hall–Kier alpha value is -1.93. The van der Waals surface area contributed by atoms with Crippen molar-refractivity contribution >= 4 is 29.1 Å². The normalized spacial score (nSPS) is 11.2. The zero-order valence-electron chi connectivity index (χ0n) is 11.5. The molecule has 0 bridgehead atoms. The second kappa shape index (κ2) is 6.49. The third-order valence-corrected chi connectivity index (χ3v) is 3.79. The van der Waals surface area contributed by atoms with Crippen molar-refractivity contribution in [2.45, 2.75) is 19.4 Å². The van der Waals surface area contributed by atoms with Gasteiger partial charge in [0.15, 0.2) is 0 Å². The number of nitrogens with zero attached hydrogens (tertiary/aromatic N) is 1. The second-order valence-electron chi connectivity index (χ2n) is 4.70. The van der Waals surface area contributed by atoms with Crippen LogP contribution >= 0.6 is 11.3 Å². The number of carbonyl (C=O) groups is 3. The number of amides is 2. The first-order valence-corrected chi connectivity index (χ1v) is 6.70. The largest absolute Gasteiger partial charge is 0.480 e. The first kappa shape index (κ1) is 16.1. The van der Waals surface area contributed by atoms with Crippen LogP contribution in [0, 0.1) is 0 Å². The third-order valence-electron chi connectivity index (χ3n) is 2.92. The van der Waals surface area contributed by atoms with Crippen molar-refractivity contribution in [2.24, 2.45) is 0 Å². The number of thiophene rings is 1. The van der Waals surface area contributed by atoms with Gasteiger partial charge in [-0.2, -0.15) is 0 Å². The van der Waals surface area contributed by atoms with E-state index in [2.05, 4.69) is 10.9 Å². The quantitative estimate of drug-likeness (QED) is 0.679. The fraction of sp³-hybridized carbons (Fsp3) is 0.417. The Kier molecular flexibility index (Phi) is 5.23. The molecule has 1 aromatic rings. The first-order chi connectivity index (χ1) is 9.25. The Morgan fingerprint density at radius 1 is 1.35 bits per heavy atom. The number of carboxylic acid groups (broad SMARTS) is 1. The van der Waals surface area contributed by atoms with Crippen LogP contribution in [0.3, 0.4) is 0 Å². The molecule has 0 aliphatic heterocycles. The molecule has 20 heavy (non-hydrogen) atoms. The predicted octanol–water partition coefficient (Wildman–Crippen LogP) is 0.304. The van der Waals surface area contributed by atoms with Crippen molar-refractivity contribution in [3.63, 3.8) is 0 Å². The molecule has 0 radical (unpaired) electrons. The summed E-state index contributed by atoms with van der Waals surface area (Å²) in [6.45, 7) is 2.84. The topological polar surface area (TPSA) is 98.7 Å². The van der Waals surface area contributed by atoms with Gasteiger partial charge < -0.3 is 5.11 Å². The number of hydrazine groups is 1. The molecule has 1 aromatic heterocycles. The van der Waals surface area contributed by atoms with Crippen molar-refractivity contribution in [3.05, 3.63) is 22.4 Å². The highest BCUT2D eigenvalue weighted by Gasteiger charge is 2.33. The lowest BCUT2D eigenvalue weighted by Gasteiger charge is -2.30. The summed E-state index contributed by atoms with van der Waals surface area (Å²) in [5, 5.41) is 10.8. The number of hydrogen-bond donors (Lipinski definition) is 3. The highest BCUT2D eigenvalue weighted by Crippen LogP contribution is 2.11. The summed E-state index contributed by atoms with van der Waals surface area (Å²) in [5.74, 6) is -1.93. The third kappa shape index (κ3) is 4.04. The van der Waals surface area contributed by atoms with Crippen molar-refractivity contribution in [1.29, 1.82) is 0 Å².